The number of piperazine rings is 3. The van der Waals surface area contributed by atoms with Gasteiger partial charge in [0.2, 0.25) is 17.8 Å². The van der Waals surface area contributed by atoms with Gasteiger partial charge in [0.05, 0.1) is 65.9 Å². The normalized spacial score (nSPS) is 17.5. The highest BCUT2D eigenvalue weighted by molar-refractivity contribution is 6.36. The molecule has 6 fully saturated rings. The van der Waals surface area contributed by atoms with E-state index >= 15 is 0 Å². The number of nitriles is 3. The number of hydrogen-bond acceptors (Lipinski definition) is 30. The summed E-state index contributed by atoms with van der Waals surface area (Å²) >= 11 is 19.3. The maximum absolute atomic E-state index is 13.8. The van der Waals surface area contributed by atoms with Crippen molar-refractivity contribution in [1.29, 1.82) is 15.8 Å². The molecule has 0 bridgehead atoms. The van der Waals surface area contributed by atoms with Crippen LogP contribution in [0.3, 0.4) is 0 Å². The van der Waals surface area contributed by atoms with E-state index in [-0.39, 0.29) is 104 Å². The van der Waals surface area contributed by atoms with Crippen molar-refractivity contribution in [3.05, 3.63) is 135 Å². The van der Waals surface area contributed by atoms with Crippen LogP contribution in [0, 0.1) is 51.7 Å². The quantitative estimate of drug-likeness (QED) is 0.0701. The summed E-state index contributed by atoms with van der Waals surface area (Å²) in [6.07, 6.45) is 5.68. The molecule has 3 atom stereocenters. The number of nitrogens with two attached hydrogens (primary N) is 6. The van der Waals surface area contributed by atoms with Crippen LogP contribution in [0.4, 0.5) is 52.8 Å². The van der Waals surface area contributed by atoms with Crippen molar-refractivity contribution in [3.63, 3.8) is 0 Å². The maximum Gasteiger partial charge on any atom is 0.281 e. The fraction of sp³-hybridized carbons (Fsp3) is 0.409. The van der Waals surface area contributed by atoms with Gasteiger partial charge in [0, 0.05) is 78.5 Å². The summed E-state index contributed by atoms with van der Waals surface area (Å²) in [6, 6.07) is 20.7. The third-order valence-corrected chi connectivity index (χ3v) is 20.0. The fourth-order valence-corrected chi connectivity index (χ4v) is 13.8. The van der Waals surface area contributed by atoms with Gasteiger partial charge in [-0.1, -0.05) is 53.0 Å². The van der Waals surface area contributed by atoms with Crippen molar-refractivity contribution in [3.8, 4) is 18.2 Å². The molecule has 15 N–H and O–H groups in total. The molecule has 36 heteroatoms. The van der Waals surface area contributed by atoms with Crippen LogP contribution < -0.4 is 82.1 Å². The van der Waals surface area contributed by atoms with Gasteiger partial charge in [-0.15, -0.1) is 0 Å². The van der Waals surface area contributed by atoms with E-state index in [0.717, 1.165) is 77.8 Å². The zero-order valence-corrected chi connectivity index (χ0v) is 58.4. The van der Waals surface area contributed by atoms with Gasteiger partial charge in [0.1, 0.15) is 52.4 Å². The second-order valence-electron chi connectivity index (χ2n) is 26.2. The molecule has 6 aliphatic rings. The summed E-state index contributed by atoms with van der Waals surface area (Å²) in [4.78, 5) is 87.2. The van der Waals surface area contributed by atoms with Gasteiger partial charge in [-0.25, -0.2) is 29.0 Å². The summed E-state index contributed by atoms with van der Waals surface area (Å²) in [5, 5.41) is 47.2. The van der Waals surface area contributed by atoms with Crippen LogP contribution in [0.1, 0.15) is 90.8 Å². The van der Waals surface area contributed by atoms with Crippen LogP contribution in [-0.4, -0.2) is 173 Å². The Bertz CT molecular complexity index is 4560. The predicted octanol–water partition coefficient (Wildman–Crippen LogP) is 3.97. The molecule has 3 aliphatic heterocycles. The number of aromatic nitrogens is 12. The number of halogens is 3. The Morgan fingerprint density at radius 2 is 0.637 bits per heavy atom. The lowest BCUT2D eigenvalue weighted by Crippen LogP contribution is -2.54. The molecule has 9 heterocycles. The number of likely N-dealkylation sites (N-methyl/N-ethyl adjacent to an activating group) is 3. The van der Waals surface area contributed by atoms with Crippen LogP contribution in [0.5, 0.6) is 0 Å². The highest BCUT2D eigenvalue weighted by Gasteiger charge is 2.42. The molecule has 9 aromatic rings. The Hall–Kier alpha value is -10.9. The predicted molar refractivity (Wildman–Crippen MR) is 393 cm³/mol. The number of hydrogen-bond donors (Lipinski definition) is 9. The van der Waals surface area contributed by atoms with E-state index in [1.807, 2.05) is 33.2 Å². The molecule has 3 saturated carbocycles. The molecule has 0 amide bonds. The number of nitrogens with zero attached hydrogens (tertiary/aromatic N) is 21. The summed E-state index contributed by atoms with van der Waals surface area (Å²) in [5.41, 5.74) is 36.4. The van der Waals surface area contributed by atoms with E-state index in [1.54, 1.807) is 68.6 Å². The molecule has 3 aromatic carbocycles. The number of benzene rings is 3. The van der Waals surface area contributed by atoms with Crippen molar-refractivity contribution in [2.24, 2.45) is 17.8 Å². The largest absolute Gasteiger partial charge is 0.382 e. The SMILES string of the molecule is CN1CCN(n2c(C(Nc3nc(N)nc(N)c3C#N)C3CC3)nc3cccc(Cl)c3c2=O)CC1.CN1CCN(n2c([C@@H](Nc3nc(N)nc(N)c3C#N)C3CC3)nc3cccc(Cl)c3c2=O)CC1.CN1CCN(n2c([C@H](Nc3nc(N)nc(N)c3C#N)C3CC3)nc3cccc(Cl)c3c2=O)CC1. The summed E-state index contributed by atoms with van der Waals surface area (Å²) in [6.45, 7) is 8.84. The average molecular weight is 1440 g/mol. The van der Waals surface area contributed by atoms with E-state index in [0.29, 0.717) is 105 Å². The van der Waals surface area contributed by atoms with E-state index in [9.17, 15) is 30.2 Å². The van der Waals surface area contributed by atoms with Crippen LogP contribution >= 0.6 is 34.8 Å². The first kappa shape index (κ1) is 69.6. The lowest BCUT2D eigenvalue weighted by molar-refractivity contribution is 0.281. The number of fused-ring (bicyclic) bond motifs is 3. The minimum absolute atomic E-state index is 0.00163. The molecule has 6 aromatic heterocycles. The Kier molecular flexibility index (Phi) is 19.8. The minimum atomic E-state index is -0.392. The van der Waals surface area contributed by atoms with Crippen molar-refractivity contribution in [1.82, 2.24) is 73.6 Å². The van der Waals surface area contributed by atoms with E-state index < -0.39 is 18.1 Å². The smallest absolute Gasteiger partial charge is 0.281 e. The molecular weight excluding hydrogens is 1370 g/mol. The summed E-state index contributed by atoms with van der Waals surface area (Å²) in [5.74, 6) is 2.83. The zero-order valence-electron chi connectivity index (χ0n) is 56.1. The molecule has 528 valence electrons. The van der Waals surface area contributed by atoms with Crippen LogP contribution in [0.2, 0.25) is 15.1 Å². The average Bonchev–Trinajstić information content (AvgIpc) is 1.08. The van der Waals surface area contributed by atoms with Gasteiger partial charge in [-0.2, -0.15) is 45.7 Å². The van der Waals surface area contributed by atoms with E-state index in [1.165, 1.54) is 0 Å². The van der Waals surface area contributed by atoms with Crippen molar-refractivity contribution < 1.29 is 0 Å². The summed E-state index contributed by atoms with van der Waals surface area (Å²) in [7, 11) is 6.16. The van der Waals surface area contributed by atoms with Crippen molar-refractivity contribution >= 4 is 120 Å². The first-order valence-corrected chi connectivity index (χ1v) is 34.5. The molecule has 0 radical (unpaired) electrons. The van der Waals surface area contributed by atoms with E-state index in [2.05, 4.69) is 81.7 Å². The standard InChI is InChI=1S/3C22H25ClN10O/c3*1-31-7-9-32(10-8-31)33-20(27-15-4-2-3-14(23)16(15)21(33)34)17(12-5-6-12)28-19-13(11-24)18(25)29-22(26)30-19/h3*2-4,12,17H,5-10H2,1H3,(H5,25,26,28,29,30)/t2*17-;/m10./s1. The first-order chi connectivity index (χ1) is 49.1. The molecule has 33 nitrogen and oxygen atoms in total. The molecule has 3 aliphatic carbocycles. The second-order valence-corrected chi connectivity index (χ2v) is 27.4. The van der Waals surface area contributed by atoms with Gasteiger partial charge in [0.25, 0.3) is 16.7 Å². The van der Waals surface area contributed by atoms with Gasteiger partial charge in [-0.3, -0.25) is 14.4 Å². The Balaban J connectivity index is 0.000000137. The molecule has 1 unspecified atom stereocenters. The molecule has 102 heavy (non-hydrogen) atoms. The number of nitrogens with one attached hydrogen (secondary N) is 3. The third kappa shape index (κ3) is 14.3. The lowest BCUT2D eigenvalue weighted by Gasteiger charge is -2.37. The maximum atomic E-state index is 13.8. The number of rotatable bonds is 15. The van der Waals surface area contributed by atoms with Crippen LogP contribution in [0.15, 0.2) is 69.0 Å². The summed E-state index contributed by atoms with van der Waals surface area (Å²) < 4.78 is 4.95. The van der Waals surface area contributed by atoms with Crippen molar-refractivity contribution in [2.45, 2.75) is 56.7 Å². The van der Waals surface area contributed by atoms with Gasteiger partial charge >= 0.3 is 0 Å². The Morgan fingerprint density at radius 3 is 0.863 bits per heavy atom. The second kappa shape index (κ2) is 29.0. The molecule has 3 saturated heterocycles. The monoisotopic (exact) mass is 1440 g/mol. The van der Waals surface area contributed by atoms with Gasteiger partial charge < -0.3 is 80.1 Å². The van der Waals surface area contributed by atoms with Crippen LogP contribution in [0.25, 0.3) is 32.7 Å². The number of nitrogen functional groups attached to an aromatic ring is 6. The first-order valence-electron chi connectivity index (χ1n) is 33.3. The van der Waals surface area contributed by atoms with Crippen LogP contribution in [-0.2, 0) is 0 Å². The number of anilines is 9. The molecule has 15 rings (SSSR count). The van der Waals surface area contributed by atoms with Gasteiger partial charge in [-0.05, 0) is 114 Å². The van der Waals surface area contributed by atoms with E-state index in [4.69, 9.17) is 84.2 Å². The highest BCUT2D eigenvalue weighted by Crippen LogP contribution is 2.46. The highest BCUT2D eigenvalue weighted by atomic mass is 35.5. The Labute approximate surface area is 599 Å². The lowest BCUT2D eigenvalue weighted by atomic mass is 10.1. The fourth-order valence-electron chi connectivity index (χ4n) is 13.0. The third-order valence-electron chi connectivity index (χ3n) is 19.0. The topological polar surface area (TPSA) is 465 Å². The van der Waals surface area contributed by atoms with Gasteiger partial charge in [0.15, 0.2) is 34.9 Å². The molecular formula is C66H75Cl3N30O3. The van der Waals surface area contributed by atoms with Crippen molar-refractivity contribution in [2.75, 3.05) is 165 Å². The minimum Gasteiger partial charge on any atom is -0.382 e. The Morgan fingerprint density at radius 1 is 0.392 bits per heavy atom. The molecule has 0 spiro atoms. The zero-order chi connectivity index (χ0) is 71.9.